The Morgan fingerprint density at radius 3 is 2.44 bits per heavy atom. The van der Waals surface area contributed by atoms with E-state index in [1.165, 1.54) is 6.92 Å². The molecule has 0 aromatic heterocycles. The molecule has 102 valence electrons. The molecule has 1 heterocycles. The lowest BCUT2D eigenvalue weighted by atomic mass is 9.95. The average Bonchev–Trinajstić information content (AvgIpc) is 2.32. The second-order valence-corrected chi connectivity index (χ2v) is 4.07. The molecule has 0 bridgehead atoms. The van der Waals surface area contributed by atoms with E-state index in [1.807, 2.05) is 0 Å². The summed E-state index contributed by atoms with van der Waals surface area (Å²) >= 11 is 0. The first-order valence-electron chi connectivity index (χ1n) is 5.45. The van der Waals surface area contributed by atoms with Crippen LogP contribution in [-0.4, -0.2) is 75.0 Å². The molecule has 1 saturated heterocycles. The molecule has 0 aromatic carbocycles. The van der Waals surface area contributed by atoms with Gasteiger partial charge in [-0.1, -0.05) is 5.92 Å². The molecule has 5 atom stereocenters. The summed E-state index contributed by atoms with van der Waals surface area (Å²) in [5.74, 6) is 1.76. The zero-order chi connectivity index (χ0) is 13.9. The lowest BCUT2D eigenvalue weighted by molar-refractivity contribution is -0.269. The van der Waals surface area contributed by atoms with E-state index < -0.39 is 43.2 Å². The molecule has 1 amide bonds. The van der Waals surface area contributed by atoms with Gasteiger partial charge in [0.2, 0.25) is 5.91 Å². The lowest BCUT2D eigenvalue weighted by Crippen LogP contribution is -2.65. The van der Waals surface area contributed by atoms with Gasteiger partial charge in [0.1, 0.15) is 24.4 Å². The van der Waals surface area contributed by atoms with E-state index in [9.17, 15) is 20.1 Å². The number of aliphatic hydroxyl groups excluding tert-OH is 4. The van der Waals surface area contributed by atoms with Crippen LogP contribution in [0.15, 0.2) is 0 Å². The second kappa shape index (κ2) is 6.13. The van der Waals surface area contributed by atoms with Crippen LogP contribution in [0, 0.1) is 12.3 Å². The smallest absolute Gasteiger partial charge is 0.220 e. The van der Waals surface area contributed by atoms with Crippen LogP contribution < -0.4 is 0 Å². The number of terminal acetylenes is 1. The predicted octanol–water partition coefficient (Wildman–Crippen LogP) is -2.73. The molecule has 1 fully saturated rings. The minimum Gasteiger partial charge on any atom is -0.394 e. The summed E-state index contributed by atoms with van der Waals surface area (Å²) in [6, 6.07) is -1.17. The molecule has 4 N–H and O–H groups in total. The van der Waals surface area contributed by atoms with E-state index in [0.717, 1.165) is 4.90 Å². The molecule has 0 radical (unpaired) electrons. The Kier molecular flexibility index (Phi) is 5.07. The van der Waals surface area contributed by atoms with Crippen molar-refractivity contribution in [3.8, 4) is 12.3 Å². The SMILES string of the molecule is C#CCN(C(C)=O)[C@@H]1[C@@H](O)[C@H](O)[C@@H](CO)O[C@@H]1O. The number of carbonyl (C=O) groups excluding carboxylic acids is 1. The van der Waals surface area contributed by atoms with Crippen molar-refractivity contribution < 1.29 is 30.0 Å². The highest BCUT2D eigenvalue weighted by Gasteiger charge is 2.46. The minimum atomic E-state index is -1.53. The third-order valence-electron chi connectivity index (χ3n) is 2.89. The third kappa shape index (κ3) is 2.80. The first-order chi connectivity index (χ1) is 8.43. The van der Waals surface area contributed by atoms with Gasteiger partial charge >= 0.3 is 0 Å². The quantitative estimate of drug-likeness (QED) is 0.410. The topological polar surface area (TPSA) is 110 Å². The van der Waals surface area contributed by atoms with Crippen LogP contribution in [0.25, 0.3) is 0 Å². The maximum atomic E-state index is 11.4. The zero-order valence-corrected chi connectivity index (χ0v) is 9.93. The van der Waals surface area contributed by atoms with Gasteiger partial charge in [0.25, 0.3) is 0 Å². The molecule has 7 nitrogen and oxygen atoms in total. The van der Waals surface area contributed by atoms with Crippen LogP contribution in [0.4, 0.5) is 0 Å². The Hall–Kier alpha value is -1.17. The Morgan fingerprint density at radius 1 is 1.39 bits per heavy atom. The Labute approximate surface area is 105 Å². The molecule has 0 unspecified atom stereocenters. The van der Waals surface area contributed by atoms with Gasteiger partial charge in [-0.05, 0) is 0 Å². The van der Waals surface area contributed by atoms with Crippen LogP contribution in [0.1, 0.15) is 6.92 Å². The van der Waals surface area contributed by atoms with E-state index in [1.54, 1.807) is 0 Å². The van der Waals surface area contributed by atoms with E-state index in [2.05, 4.69) is 5.92 Å². The Morgan fingerprint density at radius 2 is 2.00 bits per heavy atom. The largest absolute Gasteiger partial charge is 0.394 e. The number of aliphatic hydroxyl groups is 4. The van der Waals surface area contributed by atoms with Crippen molar-refractivity contribution in [2.24, 2.45) is 0 Å². The zero-order valence-electron chi connectivity index (χ0n) is 9.93. The summed E-state index contributed by atoms with van der Waals surface area (Å²) < 4.78 is 4.94. The minimum absolute atomic E-state index is 0.131. The lowest BCUT2D eigenvalue weighted by Gasteiger charge is -2.44. The van der Waals surface area contributed by atoms with Gasteiger partial charge in [0, 0.05) is 6.92 Å². The van der Waals surface area contributed by atoms with E-state index in [0.29, 0.717) is 0 Å². The standard InChI is InChI=1S/C11H17NO6/c1-3-4-12(6(2)14)8-10(16)9(15)7(5-13)18-11(8)17/h1,7-11,13,15-17H,4-5H2,2H3/t7-,8-,9-,10-,11+/m1/s1. The number of rotatable bonds is 3. The maximum Gasteiger partial charge on any atom is 0.220 e. The van der Waals surface area contributed by atoms with Crippen molar-refractivity contribution in [1.82, 2.24) is 4.90 Å². The Bertz CT molecular complexity index is 341. The van der Waals surface area contributed by atoms with Gasteiger partial charge in [-0.3, -0.25) is 4.79 Å². The van der Waals surface area contributed by atoms with Crippen LogP contribution in [0.2, 0.25) is 0 Å². The first-order valence-corrected chi connectivity index (χ1v) is 5.45. The molecule has 0 saturated carbocycles. The summed E-state index contributed by atoms with van der Waals surface area (Å²) in [5, 5.41) is 38.2. The molecule has 0 spiro atoms. The molecule has 0 aromatic rings. The molecule has 1 aliphatic rings. The first kappa shape index (κ1) is 14.9. The van der Waals surface area contributed by atoms with Crippen molar-refractivity contribution in [3.05, 3.63) is 0 Å². The Balaban J connectivity index is 2.93. The van der Waals surface area contributed by atoms with Crippen molar-refractivity contribution >= 4 is 5.91 Å². The fourth-order valence-electron chi connectivity index (χ4n) is 1.95. The molecule has 7 heteroatoms. The summed E-state index contributed by atoms with van der Waals surface area (Å²) in [5.41, 5.74) is 0. The molecule has 1 aliphatic heterocycles. The van der Waals surface area contributed by atoms with Crippen molar-refractivity contribution in [3.63, 3.8) is 0 Å². The molecular weight excluding hydrogens is 242 g/mol. The highest BCUT2D eigenvalue weighted by Crippen LogP contribution is 2.23. The normalized spacial score (nSPS) is 35.9. The molecule has 0 aliphatic carbocycles. The van der Waals surface area contributed by atoms with Crippen LogP contribution in [0.5, 0.6) is 0 Å². The van der Waals surface area contributed by atoms with E-state index in [-0.39, 0.29) is 6.54 Å². The van der Waals surface area contributed by atoms with Gasteiger partial charge in [0.15, 0.2) is 6.29 Å². The third-order valence-corrected chi connectivity index (χ3v) is 2.89. The second-order valence-electron chi connectivity index (χ2n) is 4.07. The van der Waals surface area contributed by atoms with Crippen LogP contribution in [-0.2, 0) is 9.53 Å². The number of nitrogens with zero attached hydrogens (tertiary/aromatic N) is 1. The van der Waals surface area contributed by atoms with Crippen LogP contribution in [0.3, 0.4) is 0 Å². The summed E-state index contributed by atoms with van der Waals surface area (Å²) in [6.45, 7) is 0.534. The summed E-state index contributed by atoms with van der Waals surface area (Å²) in [6.07, 6.45) is -0.402. The van der Waals surface area contributed by atoms with E-state index >= 15 is 0 Å². The number of amides is 1. The van der Waals surface area contributed by atoms with Gasteiger partial charge in [0.05, 0.1) is 13.2 Å². The summed E-state index contributed by atoms with van der Waals surface area (Å²) in [4.78, 5) is 12.4. The van der Waals surface area contributed by atoms with Crippen molar-refractivity contribution in [1.29, 1.82) is 0 Å². The van der Waals surface area contributed by atoms with Crippen LogP contribution >= 0.6 is 0 Å². The van der Waals surface area contributed by atoms with Crippen molar-refractivity contribution in [2.75, 3.05) is 13.2 Å². The number of carbonyl (C=O) groups is 1. The fraction of sp³-hybridized carbons (Fsp3) is 0.727. The number of ether oxygens (including phenoxy) is 1. The van der Waals surface area contributed by atoms with Gasteiger partial charge in [-0.2, -0.15) is 0 Å². The molecule has 1 rings (SSSR count). The maximum absolute atomic E-state index is 11.4. The molecule has 18 heavy (non-hydrogen) atoms. The number of hydrogen-bond donors (Lipinski definition) is 4. The van der Waals surface area contributed by atoms with Gasteiger partial charge < -0.3 is 30.1 Å². The fourth-order valence-corrected chi connectivity index (χ4v) is 1.95. The highest BCUT2D eigenvalue weighted by molar-refractivity contribution is 5.74. The molecular formula is C11H17NO6. The van der Waals surface area contributed by atoms with E-state index in [4.69, 9.17) is 16.3 Å². The van der Waals surface area contributed by atoms with Crippen molar-refractivity contribution in [2.45, 2.75) is 37.6 Å². The van der Waals surface area contributed by atoms with Gasteiger partial charge in [-0.15, -0.1) is 6.42 Å². The monoisotopic (exact) mass is 259 g/mol. The number of hydrogen-bond acceptors (Lipinski definition) is 6. The highest BCUT2D eigenvalue weighted by atomic mass is 16.6. The average molecular weight is 259 g/mol. The predicted molar refractivity (Wildman–Crippen MR) is 60.0 cm³/mol. The summed E-state index contributed by atoms with van der Waals surface area (Å²) in [7, 11) is 0. The van der Waals surface area contributed by atoms with Gasteiger partial charge in [-0.25, -0.2) is 0 Å².